The smallest absolute Gasteiger partial charge is 0.304 e. The number of rotatable bonds is 13. The molecule has 1 aromatic heterocycles. The number of fused-ring (bicyclic) bond motifs is 1. The molecule has 8 heteroatoms. The van der Waals surface area contributed by atoms with Gasteiger partial charge in [-0.1, -0.05) is 66.2 Å². The second kappa shape index (κ2) is 14.5. The summed E-state index contributed by atoms with van der Waals surface area (Å²) >= 11 is 7.47. The van der Waals surface area contributed by atoms with Crippen molar-refractivity contribution >= 4 is 64.0 Å². The van der Waals surface area contributed by atoms with Gasteiger partial charge >= 0.3 is 5.97 Å². The lowest BCUT2D eigenvalue weighted by Gasteiger charge is -2.25. The molecule has 3 aromatic carbocycles. The van der Waals surface area contributed by atoms with Gasteiger partial charge in [0.1, 0.15) is 0 Å². The second-order valence-corrected chi connectivity index (χ2v) is 12.1. The van der Waals surface area contributed by atoms with E-state index in [0.717, 1.165) is 39.0 Å². The van der Waals surface area contributed by atoms with Gasteiger partial charge in [-0.3, -0.25) is 9.59 Å². The number of nitrogens with zero attached hydrogens (tertiary/aromatic N) is 2. The van der Waals surface area contributed by atoms with E-state index >= 15 is 0 Å². The van der Waals surface area contributed by atoms with E-state index in [9.17, 15) is 14.7 Å². The number of aliphatic carboxylic acids is 1. The molecule has 6 nitrogen and oxygen atoms in total. The van der Waals surface area contributed by atoms with Crippen LogP contribution in [0.25, 0.3) is 23.1 Å². The van der Waals surface area contributed by atoms with E-state index in [1.54, 1.807) is 18.7 Å². The van der Waals surface area contributed by atoms with Crippen LogP contribution in [0.3, 0.4) is 0 Å². The maximum absolute atomic E-state index is 13.4. The molecule has 4 rings (SSSR count). The summed E-state index contributed by atoms with van der Waals surface area (Å²) in [5.74, 6) is -0.381. The Morgan fingerprint density at radius 3 is 2.57 bits per heavy atom. The van der Waals surface area contributed by atoms with Crippen LogP contribution in [0.4, 0.5) is 5.69 Å². The Balaban J connectivity index is 1.52. The third-order valence-corrected chi connectivity index (χ3v) is 7.97. The van der Waals surface area contributed by atoms with Crippen molar-refractivity contribution in [3.05, 3.63) is 106 Å². The molecule has 0 spiro atoms. The SMILES string of the molecule is CC(C)(O)c1ccccc1CCCN(C(=O)CSCCC(=O)O)c1cccc(/C=C/c2ccc3ccc(Cl)cc3n2)c1. The molecule has 42 heavy (non-hydrogen) atoms. The van der Waals surface area contributed by atoms with Crippen molar-refractivity contribution in [3.8, 4) is 0 Å². The minimum Gasteiger partial charge on any atom is -0.481 e. The topological polar surface area (TPSA) is 90.7 Å². The van der Waals surface area contributed by atoms with Crippen LogP contribution in [0.5, 0.6) is 0 Å². The first-order valence-electron chi connectivity index (χ1n) is 13.9. The molecule has 0 saturated carbocycles. The maximum atomic E-state index is 13.4. The van der Waals surface area contributed by atoms with Crippen molar-refractivity contribution < 1.29 is 19.8 Å². The molecule has 0 atom stereocenters. The summed E-state index contributed by atoms with van der Waals surface area (Å²) in [5, 5.41) is 21.2. The number of benzene rings is 3. The molecule has 0 saturated heterocycles. The van der Waals surface area contributed by atoms with E-state index in [1.807, 2.05) is 91.0 Å². The van der Waals surface area contributed by atoms with Crippen LogP contribution in [-0.2, 0) is 21.6 Å². The molecule has 218 valence electrons. The average molecular weight is 603 g/mol. The summed E-state index contributed by atoms with van der Waals surface area (Å²) in [4.78, 5) is 30.7. The standard InChI is InChI=1S/C34H35ClN2O4S/c1-34(2,41)30-11-4-3-8-25(30)9-6-19-37(32(38)23-42-20-18-33(39)40)29-10-5-7-24(21-29)12-16-28-17-14-26-13-15-27(35)22-31(26)36-28/h3-5,7-8,10-17,21-22,41H,6,9,18-20,23H2,1-2H3,(H,39,40)/b16-12+. The van der Waals surface area contributed by atoms with Crippen LogP contribution in [-0.4, -0.2) is 45.1 Å². The van der Waals surface area contributed by atoms with Crippen molar-refractivity contribution in [2.24, 2.45) is 0 Å². The van der Waals surface area contributed by atoms with Gasteiger partial charge in [-0.05, 0) is 79.8 Å². The predicted molar refractivity (Wildman–Crippen MR) is 174 cm³/mol. The Hall–Kier alpha value is -3.65. The van der Waals surface area contributed by atoms with Gasteiger partial charge in [-0.25, -0.2) is 4.98 Å². The molecule has 0 fully saturated rings. The third-order valence-electron chi connectivity index (χ3n) is 6.80. The Bertz CT molecular complexity index is 1580. The van der Waals surface area contributed by atoms with E-state index in [2.05, 4.69) is 4.98 Å². The number of carboxylic acid groups (broad SMARTS) is 1. The second-order valence-electron chi connectivity index (χ2n) is 10.6. The van der Waals surface area contributed by atoms with E-state index in [-0.39, 0.29) is 18.1 Å². The van der Waals surface area contributed by atoms with Gasteiger partial charge in [0.25, 0.3) is 0 Å². The van der Waals surface area contributed by atoms with Crippen LogP contribution in [0.15, 0.2) is 78.9 Å². The van der Waals surface area contributed by atoms with Crippen LogP contribution < -0.4 is 4.90 Å². The molecule has 2 N–H and O–H groups in total. The van der Waals surface area contributed by atoms with Crippen molar-refractivity contribution in [1.82, 2.24) is 4.98 Å². The van der Waals surface area contributed by atoms with Gasteiger partial charge in [0.05, 0.1) is 29.0 Å². The number of pyridine rings is 1. The molecule has 1 heterocycles. The first-order chi connectivity index (χ1) is 20.1. The van der Waals surface area contributed by atoms with Gasteiger partial charge in [0, 0.05) is 28.4 Å². The number of anilines is 1. The predicted octanol–water partition coefficient (Wildman–Crippen LogP) is 7.46. The summed E-state index contributed by atoms with van der Waals surface area (Å²) in [6, 6.07) is 25.2. The van der Waals surface area contributed by atoms with Crippen LogP contribution in [0.2, 0.25) is 5.02 Å². The molecular weight excluding hydrogens is 568 g/mol. The number of amides is 1. The molecule has 0 aliphatic heterocycles. The minimum absolute atomic E-state index is 0.0148. The van der Waals surface area contributed by atoms with Crippen LogP contribution in [0.1, 0.15) is 49.1 Å². The summed E-state index contributed by atoms with van der Waals surface area (Å²) < 4.78 is 0. The molecule has 0 aliphatic carbocycles. The first-order valence-corrected chi connectivity index (χ1v) is 15.4. The molecule has 1 amide bonds. The molecule has 0 bridgehead atoms. The van der Waals surface area contributed by atoms with E-state index in [4.69, 9.17) is 16.7 Å². The molecule has 0 unspecified atom stereocenters. The number of aryl methyl sites for hydroxylation is 1. The van der Waals surface area contributed by atoms with E-state index in [1.165, 1.54) is 11.8 Å². The van der Waals surface area contributed by atoms with Gasteiger partial charge in [0.2, 0.25) is 5.91 Å². The fourth-order valence-electron chi connectivity index (χ4n) is 4.73. The Kier molecular flexibility index (Phi) is 10.8. The number of hydrogen-bond acceptors (Lipinski definition) is 5. The van der Waals surface area contributed by atoms with Crippen LogP contribution >= 0.6 is 23.4 Å². The van der Waals surface area contributed by atoms with E-state index in [0.29, 0.717) is 30.2 Å². The van der Waals surface area contributed by atoms with Crippen LogP contribution in [0, 0.1) is 0 Å². The largest absolute Gasteiger partial charge is 0.481 e. The van der Waals surface area contributed by atoms with Crippen molar-refractivity contribution in [1.29, 1.82) is 0 Å². The number of hydrogen-bond donors (Lipinski definition) is 2. The summed E-state index contributed by atoms with van der Waals surface area (Å²) in [6.07, 6.45) is 5.31. The van der Waals surface area contributed by atoms with E-state index < -0.39 is 11.6 Å². The Morgan fingerprint density at radius 1 is 1.00 bits per heavy atom. The summed E-state index contributed by atoms with van der Waals surface area (Å²) in [6.45, 7) is 4.04. The Morgan fingerprint density at radius 2 is 1.79 bits per heavy atom. The third kappa shape index (κ3) is 8.92. The van der Waals surface area contributed by atoms with Crippen molar-refractivity contribution in [2.45, 2.75) is 38.7 Å². The lowest BCUT2D eigenvalue weighted by molar-refractivity contribution is -0.136. The number of carboxylic acids is 1. The minimum atomic E-state index is -0.959. The molecule has 0 aliphatic rings. The molecule has 4 aromatic rings. The number of thioether (sulfide) groups is 1. The van der Waals surface area contributed by atoms with Gasteiger partial charge in [0.15, 0.2) is 0 Å². The molecular formula is C34H35ClN2O4S. The summed E-state index contributed by atoms with van der Waals surface area (Å²) in [7, 11) is 0. The fraction of sp³-hybridized carbons (Fsp3) is 0.265. The van der Waals surface area contributed by atoms with Crippen molar-refractivity contribution in [2.75, 3.05) is 23.0 Å². The highest BCUT2D eigenvalue weighted by Gasteiger charge is 2.20. The highest BCUT2D eigenvalue weighted by Crippen LogP contribution is 2.26. The zero-order chi connectivity index (χ0) is 30.1. The number of aliphatic hydroxyl groups is 1. The monoisotopic (exact) mass is 602 g/mol. The van der Waals surface area contributed by atoms with Gasteiger partial charge in [-0.15, -0.1) is 0 Å². The zero-order valence-corrected chi connectivity index (χ0v) is 25.4. The highest BCUT2D eigenvalue weighted by atomic mass is 35.5. The molecule has 0 radical (unpaired) electrons. The van der Waals surface area contributed by atoms with Crippen molar-refractivity contribution in [3.63, 3.8) is 0 Å². The number of carbonyl (C=O) groups excluding carboxylic acids is 1. The lowest BCUT2D eigenvalue weighted by Crippen LogP contribution is -2.34. The first kappa shape index (κ1) is 31.3. The fourth-order valence-corrected chi connectivity index (χ4v) is 5.69. The number of aromatic nitrogens is 1. The normalized spacial score (nSPS) is 11.7. The van der Waals surface area contributed by atoms with Gasteiger partial charge in [-0.2, -0.15) is 11.8 Å². The number of halogens is 1. The summed E-state index contributed by atoms with van der Waals surface area (Å²) in [5.41, 5.74) is 4.28. The lowest BCUT2D eigenvalue weighted by atomic mass is 9.91. The zero-order valence-electron chi connectivity index (χ0n) is 23.8. The average Bonchev–Trinajstić information content (AvgIpc) is 2.96. The maximum Gasteiger partial charge on any atom is 0.304 e. The quantitative estimate of drug-likeness (QED) is 0.154. The highest BCUT2D eigenvalue weighted by molar-refractivity contribution is 7.99. The van der Waals surface area contributed by atoms with Gasteiger partial charge < -0.3 is 15.1 Å². The Labute approximate surface area is 256 Å². The number of carbonyl (C=O) groups is 2.